The summed E-state index contributed by atoms with van der Waals surface area (Å²) >= 11 is 1.36. The van der Waals surface area contributed by atoms with E-state index >= 15 is 0 Å². The van der Waals surface area contributed by atoms with Gasteiger partial charge >= 0.3 is 6.18 Å². The number of anilines is 1. The molecular formula is C18H16F3N5O2S. The van der Waals surface area contributed by atoms with Crippen molar-refractivity contribution in [1.82, 2.24) is 20.1 Å². The van der Waals surface area contributed by atoms with E-state index in [4.69, 9.17) is 0 Å². The van der Waals surface area contributed by atoms with Gasteiger partial charge in [0.25, 0.3) is 0 Å². The molecule has 0 bridgehead atoms. The van der Waals surface area contributed by atoms with Crippen molar-refractivity contribution >= 4 is 28.8 Å². The Bertz CT molecular complexity index is 988. The number of thiophene rings is 1. The van der Waals surface area contributed by atoms with Gasteiger partial charge in [-0.2, -0.15) is 18.3 Å². The molecule has 7 nitrogen and oxygen atoms in total. The molecule has 2 N–H and O–H groups in total. The summed E-state index contributed by atoms with van der Waals surface area (Å²) in [6.45, 7) is 1.33. The fraction of sp³-hybridized carbons (Fsp3) is 0.222. The number of carbonyl (C=O) groups is 2. The first kappa shape index (κ1) is 20.5. The van der Waals surface area contributed by atoms with E-state index in [1.54, 1.807) is 17.5 Å². The first-order chi connectivity index (χ1) is 13.7. The van der Waals surface area contributed by atoms with Gasteiger partial charge in [0, 0.05) is 11.8 Å². The molecule has 29 heavy (non-hydrogen) atoms. The molecule has 0 radical (unpaired) electrons. The number of halogens is 3. The van der Waals surface area contributed by atoms with Gasteiger partial charge in [0.05, 0.1) is 29.4 Å². The number of carbonyl (C=O) groups excluding carboxylic acids is 2. The molecule has 0 aliphatic carbocycles. The average molecular weight is 423 g/mol. The van der Waals surface area contributed by atoms with Crippen LogP contribution in [-0.4, -0.2) is 26.6 Å². The van der Waals surface area contributed by atoms with E-state index < -0.39 is 23.7 Å². The maximum atomic E-state index is 13.1. The van der Waals surface area contributed by atoms with Gasteiger partial charge in [0.15, 0.2) is 0 Å². The number of nitrogens with zero attached hydrogens (tertiary/aromatic N) is 3. The molecule has 2 amide bonds. The zero-order valence-electron chi connectivity index (χ0n) is 15.1. The Morgan fingerprint density at radius 2 is 2.07 bits per heavy atom. The van der Waals surface area contributed by atoms with Crippen molar-refractivity contribution in [1.29, 1.82) is 0 Å². The van der Waals surface area contributed by atoms with Gasteiger partial charge in [-0.25, -0.2) is 9.67 Å². The van der Waals surface area contributed by atoms with E-state index in [1.807, 2.05) is 0 Å². The summed E-state index contributed by atoms with van der Waals surface area (Å²) in [6.07, 6.45) is -2.18. The normalized spacial score (nSPS) is 12.4. The van der Waals surface area contributed by atoms with Crippen LogP contribution in [0.3, 0.4) is 0 Å². The largest absolute Gasteiger partial charge is 0.416 e. The lowest BCUT2D eigenvalue weighted by atomic mass is 10.1. The first-order valence-electron chi connectivity index (χ1n) is 8.40. The molecule has 0 saturated carbocycles. The summed E-state index contributed by atoms with van der Waals surface area (Å²) in [7, 11) is 0. The summed E-state index contributed by atoms with van der Waals surface area (Å²) in [6, 6.07) is 5.91. The molecule has 0 unspecified atom stereocenters. The molecule has 0 fully saturated rings. The van der Waals surface area contributed by atoms with Crippen molar-refractivity contribution in [3.63, 3.8) is 0 Å². The number of benzene rings is 1. The molecule has 0 aliphatic heterocycles. The van der Waals surface area contributed by atoms with Crippen LogP contribution in [0.2, 0.25) is 0 Å². The Hall–Kier alpha value is -3.21. The summed E-state index contributed by atoms with van der Waals surface area (Å²) < 4.78 is 40.6. The summed E-state index contributed by atoms with van der Waals surface area (Å²) in [5.41, 5.74) is -0.743. The molecular weight excluding hydrogens is 407 g/mol. The minimum absolute atomic E-state index is 0.0666. The third kappa shape index (κ3) is 5.19. The zero-order valence-corrected chi connectivity index (χ0v) is 15.9. The van der Waals surface area contributed by atoms with Gasteiger partial charge in [0.1, 0.15) is 12.7 Å². The SMILES string of the molecule is CC(=O)N[C@@H](CC(=O)Nc1cc(C(F)(F)F)ccc1-n1cncn1)c1cccs1. The Kier molecular flexibility index (Phi) is 5.97. The number of aromatic nitrogens is 3. The Morgan fingerprint density at radius 1 is 1.28 bits per heavy atom. The molecule has 1 aromatic carbocycles. The summed E-state index contributed by atoms with van der Waals surface area (Å²) in [5.74, 6) is -0.878. The minimum Gasteiger partial charge on any atom is -0.348 e. The smallest absolute Gasteiger partial charge is 0.348 e. The highest BCUT2D eigenvalue weighted by Gasteiger charge is 2.31. The van der Waals surface area contributed by atoms with Crippen LogP contribution in [0.4, 0.5) is 18.9 Å². The van der Waals surface area contributed by atoms with Crippen LogP contribution in [0.1, 0.15) is 29.8 Å². The Balaban J connectivity index is 1.87. The van der Waals surface area contributed by atoms with Crippen molar-refractivity contribution in [3.8, 4) is 5.69 Å². The molecule has 0 saturated heterocycles. The van der Waals surface area contributed by atoms with Gasteiger partial charge in [-0.05, 0) is 29.6 Å². The Labute approximate surface area is 167 Å². The average Bonchev–Trinajstić information content (AvgIpc) is 3.34. The lowest BCUT2D eigenvalue weighted by molar-refractivity contribution is -0.137. The van der Waals surface area contributed by atoms with E-state index in [0.29, 0.717) is 0 Å². The molecule has 2 aromatic heterocycles. The topological polar surface area (TPSA) is 88.9 Å². The fourth-order valence-corrected chi connectivity index (χ4v) is 3.47. The Morgan fingerprint density at radius 3 is 2.66 bits per heavy atom. The summed E-state index contributed by atoms with van der Waals surface area (Å²) in [4.78, 5) is 28.6. The molecule has 3 rings (SSSR count). The molecule has 0 spiro atoms. The van der Waals surface area contributed by atoms with E-state index in [-0.39, 0.29) is 23.7 Å². The fourth-order valence-electron chi connectivity index (χ4n) is 2.69. The number of hydrogen-bond acceptors (Lipinski definition) is 5. The van der Waals surface area contributed by atoms with Crippen LogP contribution in [-0.2, 0) is 15.8 Å². The van der Waals surface area contributed by atoms with Crippen molar-refractivity contribution in [2.75, 3.05) is 5.32 Å². The van der Waals surface area contributed by atoms with E-state index in [9.17, 15) is 22.8 Å². The van der Waals surface area contributed by atoms with Crippen LogP contribution < -0.4 is 10.6 Å². The molecule has 11 heteroatoms. The van der Waals surface area contributed by atoms with E-state index in [2.05, 4.69) is 20.7 Å². The summed E-state index contributed by atoms with van der Waals surface area (Å²) in [5, 5.41) is 10.9. The number of hydrogen-bond donors (Lipinski definition) is 2. The number of alkyl halides is 3. The molecule has 0 aliphatic rings. The van der Waals surface area contributed by atoms with Crippen molar-refractivity contribution in [3.05, 3.63) is 58.8 Å². The monoisotopic (exact) mass is 423 g/mol. The van der Waals surface area contributed by atoms with Crippen molar-refractivity contribution < 1.29 is 22.8 Å². The molecule has 3 aromatic rings. The minimum atomic E-state index is -4.57. The first-order valence-corrected chi connectivity index (χ1v) is 9.28. The van der Waals surface area contributed by atoms with Gasteiger partial charge < -0.3 is 10.6 Å². The zero-order chi connectivity index (χ0) is 21.0. The van der Waals surface area contributed by atoms with Crippen LogP contribution in [0, 0.1) is 0 Å². The highest BCUT2D eigenvalue weighted by atomic mass is 32.1. The quantitative estimate of drug-likeness (QED) is 0.635. The number of amides is 2. The maximum Gasteiger partial charge on any atom is 0.416 e. The highest BCUT2D eigenvalue weighted by molar-refractivity contribution is 7.10. The second kappa shape index (κ2) is 8.43. The van der Waals surface area contributed by atoms with Crippen molar-refractivity contribution in [2.24, 2.45) is 0 Å². The van der Waals surface area contributed by atoms with Crippen LogP contribution in [0.15, 0.2) is 48.4 Å². The lowest BCUT2D eigenvalue weighted by Gasteiger charge is -2.18. The molecule has 2 heterocycles. The van der Waals surface area contributed by atoms with E-state index in [1.165, 1.54) is 41.7 Å². The highest BCUT2D eigenvalue weighted by Crippen LogP contribution is 2.33. The predicted octanol–water partition coefficient (Wildman–Crippen LogP) is 3.55. The standard InChI is InChI=1S/C18H16F3N5O2S/c1-11(27)24-14(16-3-2-6-29-16)8-17(28)25-13-7-12(18(19,20)21)4-5-15(13)26-10-22-9-23-26/h2-7,9-10,14H,8H2,1H3,(H,24,27)(H,25,28)/t14-/m0/s1. The predicted molar refractivity (Wildman–Crippen MR) is 100 cm³/mol. The van der Waals surface area contributed by atoms with Crippen LogP contribution in [0.25, 0.3) is 5.69 Å². The van der Waals surface area contributed by atoms with Crippen LogP contribution >= 0.6 is 11.3 Å². The lowest BCUT2D eigenvalue weighted by Crippen LogP contribution is -2.29. The van der Waals surface area contributed by atoms with Crippen LogP contribution in [0.5, 0.6) is 0 Å². The van der Waals surface area contributed by atoms with Crippen molar-refractivity contribution in [2.45, 2.75) is 25.6 Å². The number of nitrogens with one attached hydrogen (secondary N) is 2. The second-order valence-corrected chi connectivity index (χ2v) is 7.07. The third-order valence-corrected chi connectivity index (χ3v) is 4.90. The van der Waals surface area contributed by atoms with Gasteiger partial charge in [-0.15, -0.1) is 11.3 Å². The van der Waals surface area contributed by atoms with E-state index in [0.717, 1.165) is 17.0 Å². The van der Waals surface area contributed by atoms with Gasteiger partial charge in [0.2, 0.25) is 11.8 Å². The van der Waals surface area contributed by atoms with Gasteiger partial charge in [-0.1, -0.05) is 6.07 Å². The van der Waals surface area contributed by atoms with Gasteiger partial charge in [-0.3, -0.25) is 9.59 Å². The molecule has 152 valence electrons. The third-order valence-electron chi connectivity index (χ3n) is 3.92. The molecule has 1 atom stereocenters. The second-order valence-electron chi connectivity index (χ2n) is 6.09. The maximum absolute atomic E-state index is 13.1. The number of rotatable bonds is 6.